The highest BCUT2D eigenvalue weighted by Gasteiger charge is 2.46. The van der Waals surface area contributed by atoms with Crippen LogP contribution in [0.25, 0.3) is 0 Å². The molecule has 0 saturated carbocycles. The molecule has 182 valence electrons. The molecular weight excluding hydrogens is 412 g/mol. The summed E-state index contributed by atoms with van der Waals surface area (Å²) in [4.78, 5) is 11.7. The molecule has 0 bridgehead atoms. The van der Waals surface area contributed by atoms with Crippen molar-refractivity contribution in [3.05, 3.63) is 0 Å². The van der Waals surface area contributed by atoms with Gasteiger partial charge in [0.05, 0.1) is 75.6 Å². The maximum absolute atomic E-state index is 11.7. The van der Waals surface area contributed by atoms with Crippen molar-refractivity contribution in [1.82, 2.24) is 5.32 Å². The third-order valence-electron chi connectivity index (χ3n) is 6.21. The number of amides is 1. The number of carbonyl (C=O) groups excluding carboxylic acids is 1. The van der Waals surface area contributed by atoms with Crippen molar-refractivity contribution in [3.63, 3.8) is 0 Å². The normalized spacial score (nSPS) is 41.2. The topological polar surface area (TPSA) is 173 Å². The molecule has 1 amide bonds. The van der Waals surface area contributed by atoms with Crippen molar-refractivity contribution in [2.45, 2.75) is 69.0 Å². The molecule has 2 heterocycles. The first-order valence-electron chi connectivity index (χ1n) is 10.8. The van der Waals surface area contributed by atoms with Crippen LogP contribution in [0, 0.1) is 11.8 Å². The quantitative estimate of drug-likeness (QED) is 0.207. The molecule has 0 aromatic heterocycles. The van der Waals surface area contributed by atoms with Gasteiger partial charge in [-0.25, -0.2) is 0 Å². The Morgan fingerprint density at radius 2 is 1.55 bits per heavy atom. The average molecular weight is 451 g/mol. The van der Waals surface area contributed by atoms with E-state index in [1.54, 1.807) is 0 Å². The highest BCUT2D eigenvalue weighted by atomic mass is 16.6. The summed E-state index contributed by atoms with van der Waals surface area (Å²) >= 11 is 0. The highest BCUT2D eigenvalue weighted by molar-refractivity contribution is 5.73. The van der Waals surface area contributed by atoms with E-state index in [1.807, 2.05) is 6.92 Å². The van der Waals surface area contributed by atoms with Crippen LogP contribution >= 0.6 is 0 Å². The van der Waals surface area contributed by atoms with Crippen molar-refractivity contribution in [2.75, 3.05) is 40.1 Å². The molecule has 31 heavy (non-hydrogen) atoms. The zero-order valence-electron chi connectivity index (χ0n) is 18.4. The Morgan fingerprint density at radius 3 is 2.06 bits per heavy atom. The fraction of sp³-hybridized carbons (Fsp3) is 0.950. The fourth-order valence-corrected chi connectivity index (χ4v) is 4.46. The van der Waals surface area contributed by atoms with Crippen LogP contribution < -0.4 is 11.1 Å². The Morgan fingerprint density at radius 1 is 0.968 bits per heavy atom. The predicted molar refractivity (Wildman–Crippen MR) is 109 cm³/mol. The van der Waals surface area contributed by atoms with Crippen LogP contribution in [-0.4, -0.2) is 115 Å². The van der Waals surface area contributed by atoms with Gasteiger partial charge >= 0.3 is 0 Å². The van der Waals surface area contributed by atoms with Gasteiger partial charge in [0.15, 0.2) is 0 Å². The second-order valence-electron chi connectivity index (χ2n) is 8.30. The highest BCUT2D eigenvalue weighted by Crippen LogP contribution is 2.29. The average Bonchev–Trinajstić information content (AvgIpc) is 2.75. The fourth-order valence-electron chi connectivity index (χ4n) is 4.46. The van der Waals surface area contributed by atoms with Crippen LogP contribution in [0.15, 0.2) is 0 Å². The molecular formula is C20H38N2O9. The second-order valence-corrected chi connectivity index (χ2v) is 8.30. The first-order chi connectivity index (χ1) is 14.8. The van der Waals surface area contributed by atoms with Crippen LogP contribution in [0.2, 0.25) is 0 Å². The molecule has 11 heteroatoms. The van der Waals surface area contributed by atoms with E-state index < -0.39 is 54.4 Å². The minimum Gasteiger partial charge on any atom is -0.394 e. The van der Waals surface area contributed by atoms with E-state index in [1.165, 1.54) is 14.0 Å². The first kappa shape index (κ1) is 26.4. The molecule has 2 saturated heterocycles. The summed E-state index contributed by atoms with van der Waals surface area (Å²) in [5, 5.41) is 43.4. The Kier molecular flexibility index (Phi) is 10.5. The van der Waals surface area contributed by atoms with Gasteiger partial charge in [-0.3, -0.25) is 4.79 Å². The number of carbonyl (C=O) groups is 1. The molecule has 2 fully saturated rings. The standard InChI is InChI=1S/C20H38N2O9/c1-4-13-17(21)19(26)12(15(6-24)30-13)8-29-9-16-18(22-10(2)25)20(27)11(7-28-3)14(5-23)31-16/h11-20,23-24,26-27H,4-9,21H2,1-3H3,(H,22,25)/t11-,12-,13+,14?,15?,16+,17-,18?,19?,20-/m1/s1. The zero-order chi connectivity index (χ0) is 23.1. The molecule has 0 radical (unpaired) electrons. The minimum absolute atomic E-state index is 0.0218. The van der Waals surface area contributed by atoms with Gasteiger partial charge in [0, 0.05) is 25.9 Å². The Balaban J connectivity index is 2.04. The van der Waals surface area contributed by atoms with Gasteiger partial charge in [-0.05, 0) is 6.42 Å². The van der Waals surface area contributed by atoms with Crippen molar-refractivity contribution in [2.24, 2.45) is 17.6 Å². The SMILES string of the molecule is CC[C@@H]1OC(CO)[C@@H](COC[C@@H]2OC(CO)[C@@H](COC)[C@@H](O)C2NC(C)=O)C(O)[C@@H]1N. The van der Waals surface area contributed by atoms with Gasteiger partial charge in [0.25, 0.3) is 0 Å². The van der Waals surface area contributed by atoms with Gasteiger partial charge in [-0.2, -0.15) is 0 Å². The van der Waals surface area contributed by atoms with Crippen molar-refractivity contribution in [1.29, 1.82) is 0 Å². The smallest absolute Gasteiger partial charge is 0.217 e. The third kappa shape index (κ3) is 6.34. The van der Waals surface area contributed by atoms with Crippen molar-refractivity contribution < 1.29 is 44.2 Å². The molecule has 2 aliphatic heterocycles. The minimum atomic E-state index is -1.02. The molecule has 10 atom stereocenters. The molecule has 0 aromatic rings. The third-order valence-corrected chi connectivity index (χ3v) is 6.21. The molecule has 7 N–H and O–H groups in total. The van der Waals surface area contributed by atoms with Gasteiger partial charge in [-0.15, -0.1) is 0 Å². The van der Waals surface area contributed by atoms with E-state index in [0.717, 1.165) is 0 Å². The zero-order valence-corrected chi connectivity index (χ0v) is 18.4. The lowest BCUT2D eigenvalue weighted by Crippen LogP contribution is -2.64. The van der Waals surface area contributed by atoms with Gasteiger partial charge < -0.3 is 50.4 Å². The second kappa shape index (κ2) is 12.4. The molecule has 2 rings (SSSR count). The summed E-state index contributed by atoms with van der Waals surface area (Å²) in [6, 6.07) is -1.37. The number of hydrogen-bond acceptors (Lipinski definition) is 10. The van der Waals surface area contributed by atoms with E-state index >= 15 is 0 Å². The number of methoxy groups -OCH3 is 1. The molecule has 0 aliphatic carbocycles. The van der Waals surface area contributed by atoms with E-state index in [2.05, 4.69) is 5.32 Å². The number of aliphatic hydroxyl groups excluding tert-OH is 4. The summed E-state index contributed by atoms with van der Waals surface area (Å²) < 4.78 is 22.6. The number of ether oxygens (including phenoxy) is 4. The maximum Gasteiger partial charge on any atom is 0.217 e. The van der Waals surface area contributed by atoms with Crippen molar-refractivity contribution in [3.8, 4) is 0 Å². The number of nitrogens with one attached hydrogen (secondary N) is 1. The summed E-state index contributed by atoms with van der Waals surface area (Å²) in [5.41, 5.74) is 6.07. The summed E-state index contributed by atoms with van der Waals surface area (Å²) in [5.74, 6) is -1.42. The number of nitrogens with two attached hydrogens (primary N) is 1. The lowest BCUT2D eigenvalue weighted by molar-refractivity contribution is -0.203. The van der Waals surface area contributed by atoms with E-state index in [-0.39, 0.29) is 45.0 Å². The first-order valence-corrected chi connectivity index (χ1v) is 10.8. The molecule has 4 unspecified atom stereocenters. The van der Waals surface area contributed by atoms with E-state index in [9.17, 15) is 25.2 Å². The van der Waals surface area contributed by atoms with Crippen molar-refractivity contribution >= 4 is 5.91 Å². The number of rotatable bonds is 10. The van der Waals surface area contributed by atoms with E-state index in [4.69, 9.17) is 24.7 Å². The van der Waals surface area contributed by atoms with Gasteiger partial charge in [-0.1, -0.05) is 6.92 Å². The van der Waals surface area contributed by atoms with Crippen LogP contribution in [0.1, 0.15) is 20.3 Å². The lowest BCUT2D eigenvalue weighted by atomic mass is 9.85. The number of hydrogen-bond donors (Lipinski definition) is 6. The van der Waals surface area contributed by atoms with Gasteiger partial charge in [0.1, 0.15) is 6.10 Å². The maximum atomic E-state index is 11.7. The Labute approximate surface area is 182 Å². The molecule has 11 nitrogen and oxygen atoms in total. The summed E-state index contributed by atoms with van der Waals surface area (Å²) in [6.45, 7) is 2.77. The van der Waals surface area contributed by atoms with Crippen LogP contribution in [0.3, 0.4) is 0 Å². The largest absolute Gasteiger partial charge is 0.394 e. The molecule has 0 spiro atoms. The number of aliphatic hydroxyl groups is 4. The van der Waals surface area contributed by atoms with E-state index in [0.29, 0.717) is 6.42 Å². The van der Waals surface area contributed by atoms with Crippen LogP contribution in [0.4, 0.5) is 0 Å². The van der Waals surface area contributed by atoms with Gasteiger partial charge in [0.2, 0.25) is 5.91 Å². The summed E-state index contributed by atoms with van der Waals surface area (Å²) in [6.07, 6.45) is -3.74. The predicted octanol–water partition coefficient (Wildman–Crippen LogP) is -2.63. The Hall–Kier alpha value is -0.890. The van der Waals surface area contributed by atoms with Crippen LogP contribution in [0.5, 0.6) is 0 Å². The van der Waals surface area contributed by atoms with Crippen LogP contribution in [-0.2, 0) is 23.7 Å². The molecule has 0 aromatic carbocycles. The monoisotopic (exact) mass is 450 g/mol. The molecule has 2 aliphatic rings. The summed E-state index contributed by atoms with van der Waals surface area (Å²) in [7, 11) is 1.48. The Bertz CT molecular complexity index is 553. The lowest BCUT2D eigenvalue weighted by Gasteiger charge is -2.45.